The third-order valence-electron chi connectivity index (χ3n) is 5.62. The van der Waals surface area contributed by atoms with Crippen LogP contribution in [0.15, 0.2) is 121 Å². The molecule has 2 amide bonds. The lowest BCUT2D eigenvalue weighted by atomic mass is 10.2. The van der Waals surface area contributed by atoms with Crippen molar-refractivity contribution in [3.8, 4) is 0 Å². The van der Waals surface area contributed by atoms with Gasteiger partial charge in [0.1, 0.15) is 0 Å². The quantitative estimate of drug-likeness (QED) is 0.214. The van der Waals surface area contributed by atoms with Crippen LogP contribution in [-0.4, -0.2) is 11.0 Å². The summed E-state index contributed by atoms with van der Waals surface area (Å²) < 4.78 is 7.98. The number of nitrogens with zero attached hydrogens (tertiary/aromatic N) is 3. The Labute approximate surface area is 231 Å². The number of fused-ring (bicyclic) bond motifs is 1. The molecule has 184 valence electrons. The minimum atomic E-state index is -0.324. The highest BCUT2D eigenvalue weighted by Crippen LogP contribution is 2.28. The van der Waals surface area contributed by atoms with Gasteiger partial charge in [-0.05, 0) is 57.4 Å². The maximum absolute atomic E-state index is 13.5. The third kappa shape index (κ3) is 6.15. The van der Waals surface area contributed by atoms with E-state index in [-0.39, 0.29) is 18.6 Å². The fraction of sp³-hybridized carbons (Fsp3) is 0.0690. The molecule has 0 saturated carbocycles. The highest BCUT2D eigenvalue weighted by atomic mass is 79.9. The lowest BCUT2D eigenvalue weighted by Crippen LogP contribution is -2.40. The predicted molar refractivity (Wildman–Crippen MR) is 152 cm³/mol. The second-order valence-corrected chi connectivity index (χ2v) is 10.0. The van der Waals surface area contributed by atoms with Gasteiger partial charge in [0.2, 0.25) is 5.55 Å². The molecule has 1 aromatic heterocycles. The molecular formula is C29H22Br2N4O2. The first-order chi connectivity index (χ1) is 18.1. The smallest absolute Gasteiger partial charge is 0.326 e. The van der Waals surface area contributed by atoms with E-state index in [1.807, 2.05) is 103 Å². The van der Waals surface area contributed by atoms with Crippen LogP contribution < -0.4 is 15.8 Å². The van der Waals surface area contributed by atoms with Gasteiger partial charge in [-0.2, -0.15) is 4.98 Å². The number of carbonyl (C=O) groups is 1. The van der Waals surface area contributed by atoms with E-state index in [2.05, 4.69) is 37.2 Å². The lowest BCUT2D eigenvalue weighted by Gasteiger charge is -2.21. The number of benzene rings is 4. The molecule has 8 heteroatoms. The number of nitrogens with one attached hydrogen (secondary N) is 1. The van der Waals surface area contributed by atoms with Crippen LogP contribution in [0.1, 0.15) is 11.1 Å². The van der Waals surface area contributed by atoms with E-state index in [1.54, 1.807) is 0 Å². The van der Waals surface area contributed by atoms with E-state index in [1.165, 1.54) is 4.90 Å². The van der Waals surface area contributed by atoms with Crippen LogP contribution in [0.4, 0.5) is 16.5 Å². The van der Waals surface area contributed by atoms with Crippen LogP contribution in [0.5, 0.6) is 0 Å². The summed E-state index contributed by atoms with van der Waals surface area (Å²) in [5.41, 5.74) is 3.66. The van der Waals surface area contributed by atoms with Crippen molar-refractivity contribution in [2.45, 2.75) is 13.1 Å². The first-order valence-corrected chi connectivity index (χ1v) is 13.2. The molecule has 5 rings (SSSR count). The molecular weight excluding hydrogens is 596 g/mol. The summed E-state index contributed by atoms with van der Waals surface area (Å²) in [6, 6.07) is 32.6. The molecule has 0 saturated heterocycles. The number of aromatic nitrogens is 1. The Balaban J connectivity index is 1.59. The van der Waals surface area contributed by atoms with Crippen molar-refractivity contribution in [3.63, 3.8) is 0 Å². The summed E-state index contributed by atoms with van der Waals surface area (Å²) >= 11 is 7.05. The van der Waals surface area contributed by atoms with E-state index in [0.29, 0.717) is 23.3 Å². The fourth-order valence-corrected chi connectivity index (χ4v) is 4.90. The Morgan fingerprint density at radius 1 is 0.865 bits per heavy atom. The number of rotatable bonds is 6. The number of para-hydroxylation sites is 1. The van der Waals surface area contributed by atoms with Gasteiger partial charge in [-0.15, -0.1) is 0 Å². The molecule has 0 radical (unpaired) electrons. The van der Waals surface area contributed by atoms with Crippen molar-refractivity contribution in [1.82, 2.24) is 10.3 Å². The number of halogens is 2. The van der Waals surface area contributed by atoms with Crippen molar-refractivity contribution in [1.29, 1.82) is 0 Å². The summed E-state index contributed by atoms with van der Waals surface area (Å²) in [5.74, 6) is 0. The molecule has 0 spiro atoms. The maximum atomic E-state index is 13.5. The second-order valence-electron chi connectivity index (χ2n) is 8.24. The van der Waals surface area contributed by atoms with Gasteiger partial charge in [0.25, 0.3) is 0 Å². The summed E-state index contributed by atoms with van der Waals surface area (Å²) in [7, 11) is 0. The Morgan fingerprint density at radius 2 is 1.54 bits per heavy atom. The van der Waals surface area contributed by atoms with E-state index < -0.39 is 0 Å². The van der Waals surface area contributed by atoms with Crippen LogP contribution in [-0.2, 0) is 13.1 Å². The highest BCUT2D eigenvalue weighted by Gasteiger charge is 2.21. The minimum absolute atomic E-state index is 0.153. The van der Waals surface area contributed by atoms with Crippen LogP contribution in [0, 0.1) is 0 Å². The lowest BCUT2D eigenvalue weighted by molar-refractivity contribution is 0.243. The number of carbonyl (C=O) groups excluding carboxylic acids is 1. The van der Waals surface area contributed by atoms with Gasteiger partial charge < -0.3 is 9.73 Å². The topological polar surface area (TPSA) is 70.7 Å². The largest absolute Gasteiger partial charge is 0.406 e. The number of amides is 2. The number of hydrogen-bond acceptors (Lipinski definition) is 4. The Bertz CT molecular complexity index is 1610. The highest BCUT2D eigenvalue weighted by molar-refractivity contribution is 9.11. The fourth-order valence-electron chi connectivity index (χ4n) is 3.76. The molecule has 0 fully saturated rings. The van der Waals surface area contributed by atoms with Crippen molar-refractivity contribution < 1.29 is 9.21 Å². The number of anilines is 1. The predicted octanol–water partition coefficient (Wildman–Crippen LogP) is 7.50. The summed E-state index contributed by atoms with van der Waals surface area (Å²) in [5, 5.41) is 3.74. The number of urea groups is 1. The maximum Gasteiger partial charge on any atom is 0.326 e. The first kappa shape index (κ1) is 24.9. The van der Waals surface area contributed by atoms with Crippen LogP contribution in [0.2, 0.25) is 0 Å². The molecule has 0 unspecified atom stereocenters. The molecule has 0 aliphatic rings. The van der Waals surface area contributed by atoms with Gasteiger partial charge in [-0.25, -0.2) is 14.7 Å². The van der Waals surface area contributed by atoms with E-state index >= 15 is 0 Å². The Hall–Kier alpha value is -3.75. The Kier molecular flexibility index (Phi) is 7.77. The molecule has 4 aromatic carbocycles. The van der Waals surface area contributed by atoms with Gasteiger partial charge in [0.15, 0.2) is 0 Å². The molecule has 0 aliphatic heterocycles. The molecule has 6 nitrogen and oxygen atoms in total. The van der Waals surface area contributed by atoms with Crippen LogP contribution in [0.3, 0.4) is 0 Å². The zero-order valence-electron chi connectivity index (χ0n) is 19.6. The van der Waals surface area contributed by atoms with Crippen molar-refractivity contribution >= 4 is 60.5 Å². The standard InChI is InChI=1S/C29H22Br2N4O2/c30-22-15-16-26(24(31)17-22)33-27-23-13-7-8-14-25(23)34-29(37-27)35(19-21-11-5-2-6-12-21)28(36)32-18-20-9-3-1-4-10-20/h1-17H,18-19H2,(H,32,36). The van der Waals surface area contributed by atoms with Gasteiger partial charge in [0, 0.05) is 15.5 Å². The number of hydrogen-bond donors (Lipinski definition) is 1. The third-order valence-corrected chi connectivity index (χ3v) is 6.74. The molecule has 0 aliphatic carbocycles. The van der Waals surface area contributed by atoms with Gasteiger partial charge in [-0.1, -0.05) is 88.7 Å². The van der Waals surface area contributed by atoms with E-state index in [0.717, 1.165) is 25.5 Å². The van der Waals surface area contributed by atoms with Gasteiger partial charge in [0.05, 0.1) is 23.1 Å². The molecule has 1 N–H and O–H groups in total. The van der Waals surface area contributed by atoms with Gasteiger partial charge in [-0.3, -0.25) is 0 Å². The zero-order chi connectivity index (χ0) is 25.6. The van der Waals surface area contributed by atoms with Crippen LogP contribution in [0.25, 0.3) is 10.9 Å². The molecule has 1 heterocycles. The average Bonchev–Trinajstić information content (AvgIpc) is 2.93. The summed E-state index contributed by atoms with van der Waals surface area (Å²) in [6.07, 6.45) is 0. The van der Waals surface area contributed by atoms with Crippen molar-refractivity contribution in [2.24, 2.45) is 4.99 Å². The minimum Gasteiger partial charge on any atom is -0.406 e. The molecule has 0 bridgehead atoms. The van der Waals surface area contributed by atoms with Crippen molar-refractivity contribution in [2.75, 3.05) is 4.90 Å². The first-order valence-electron chi connectivity index (χ1n) is 11.6. The van der Waals surface area contributed by atoms with E-state index in [9.17, 15) is 4.79 Å². The van der Waals surface area contributed by atoms with Crippen LogP contribution >= 0.6 is 31.9 Å². The molecule has 37 heavy (non-hydrogen) atoms. The normalized spacial score (nSPS) is 11.5. The van der Waals surface area contributed by atoms with Crippen molar-refractivity contribution in [3.05, 3.63) is 129 Å². The molecule has 5 aromatic rings. The monoisotopic (exact) mass is 616 g/mol. The SMILES string of the molecule is O=C(NCc1ccccc1)N(Cc1ccccc1)c1nc2ccccc2c(=Nc2ccc(Br)cc2Br)o1. The zero-order valence-corrected chi connectivity index (χ0v) is 22.8. The molecule has 0 atom stereocenters. The summed E-state index contributed by atoms with van der Waals surface area (Å²) in [4.78, 5) is 24.5. The van der Waals surface area contributed by atoms with Gasteiger partial charge >= 0.3 is 12.0 Å². The summed E-state index contributed by atoms with van der Waals surface area (Å²) in [6.45, 7) is 0.652. The Morgan fingerprint density at radius 3 is 2.27 bits per heavy atom. The van der Waals surface area contributed by atoms with E-state index in [4.69, 9.17) is 14.4 Å². The average molecular weight is 618 g/mol. The second kappa shape index (κ2) is 11.5.